The number of fused-ring (bicyclic) bond motifs is 1. The molecule has 0 unspecified atom stereocenters. The summed E-state index contributed by atoms with van der Waals surface area (Å²) in [5, 5.41) is 4.17. The highest BCUT2D eigenvalue weighted by Gasteiger charge is 2.17. The van der Waals surface area contributed by atoms with Crippen LogP contribution in [0.2, 0.25) is 0 Å². The maximum Gasteiger partial charge on any atom is 0.291 e. The number of hydrogen-bond donors (Lipinski definition) is 2. The molecule has 2 heterocycles. The molecule has 31 heavy (non-hydrogen) atoms. The Bertz CT molecular complexity index is 1250. The van der Waals surface area contributed by atoms with E-state index in [2.05, 4.69) is 25.5 Å². The minimum absolute atomic E-state index is 0.0471. The molecule has 0 spiro atoms. The number of carbonyl (C=O) groups excluding carboxylic acids is 2. The van der Waals surface area contributed by atoms with Gasteiger partial charge in [0.15, 0.2) is 17.2 Å². The van der Waals surface area contributed by atoms with Crippen LogP contribution in [0.5, 0.6) is 11.5 Å². The Morgan fingerprint density at radius 3 is 2.42 bits per heavy atom. The molecule has 0 saturated heterocycles. The fourth-order valence-electron chi connectivity index (χ4n) is 3.08. The van der Waals surface area contributed by atoms with Crippen molar-refractivity contribution in [2.45, 2.75) is 0 Å². The molecule has 2 N–H and O–H groups in total. The first-order valence-corrected chi connectivity index (χ1v) is 9.24. The van der Waals surface area contributed by atoms with E-state index in [0.717, 1.165) is 5.56 Å². The third-order valence-corrected chi connectivity index (χ3v) is 4.60. The van der Waals surface area contributed by atoms with Crippen LogP contribution >= 0.6 is 0 Å². The maximum absolute atomic E-state index is 12.9. The fraction of sp³-hybridized carbons (Fsp3) is 0.0909. The van der Waals surface area contributed by atoms with Gasteiger partial charge in [-0.2, -0.15) is 0 Å². The topological polar surface area (TPSA) is 116 Å². The second-order valence-electron chi connectivity index (χ2n) is 6.43. The van der Waals surface area contributed by atoms with Gasteiger partial charge < -0.3 is 14.0 Å². The van der Waals surface area contributed by atoms with E-state index < -0.39 is 11.8 Å². The van der Waals surface area contributed by atoms with Gasteiger partial charge in [0.1, 0.15) is 6.26 Å². The monoisotopic (exact) mass is 418 g/mol. The number of methoxy groups -OCH3 is 2. The molecule has 4 rings (SSSR count). The number of nitrogens with zero attached hydrogens (tertiary/aromatic N) is 2. The lowest BCUT2D eigenvalue weighted by Gasteiger charge is -2.12. The summed E-state index contributed by atoms with van der Waals surface area (Å²) in [6.45, 7) is 0. The number of para-hydroxylation sites is 1. The van der Waals surface area contributed by atoms with Crippen LogP contribution in [0.15, 0.2) is 65.4 Å². The number of nitrogens with one attached hydrogen (secondary N) is 2. The highest BCUT2D eigenvalue weighted by molar-refractivity contribution is 6.08. The molecule has 2 aromatic heterocycles. The minimum atomic E-state index is -0.597. The quantitative estimate of drug-likeness (QED) is 0.479. The average Bonchev–Trinajstić information content (AvgIpc) is 3.36. The number of hydrazine groups is 1. The zero-order valence-corrected chi connectivity index (χ0v) is 16.7. The van der Waals surface area contributed by atoms with Gasteiger partial charge in [0.2, 0.25) is 0 Å². The maximum atomic E-state index is 12.9. The first kappa shape index (κ1) is 19.9. The Morgan fingerprint density at radius 2 is 1.68 bits per heavy atom. The molecule has 9 heteroatoms. The van der Waals surface area contributed by atoms with Gasteiger partial charge in [-0.05, 0) is 30.3 Å². The number of pyridine rings is 1. The number of ether oxygens (including phenoxy) is 2. The number of hydrogen-bond acceptors (Lipinski definition) is 7. The van der Waals surface area contributed by atoms with E-state index in [9.17, 15) is 9.59 Å². The van der Waals surface area contributed by atoms with Crippen LogP contribution in [0.1, 0.15) is 20.8 Å². The molecule has 0 atom stereocenters. The van der Waals surface area contributed by atoms with Gasteiger partial charge in [-0.1, -0.05) is 23.4 Å². The van der Waals surface area contributed by atoms with E-state index in [4.69, 9.17) is 9.47 Å². The summed E-state index contributed by atoms with van der Waals surface area (Å²) >= 11 is 0. The van der Waals surface area contributed by atoms with Gasteiger partial charge in [0, 0.05) is 17.0 Å². The minimum Gasteiger partial charge on any atom is -0.493 e. The van der Waals surface area contributed by atoms with E-state index >= 15 is 0 Å². The second kappa shape index (κ2) is 8.54. The Hall–Kier alpha value is -4.40. The van der Waals surface area contributed by atoms with Crippen LogP contribution < -0.4 is 20.3 Å². The van der Waals surface area contributed by atoms with E-state index in [1.165, 1.54) is 12.3 Å². The number of rotatable bonds is 5. The number of benzene rings is 2. The Balaban J connectivity index is 1.70. The number of amides is 2. The molecule has 0 aliphatic carbocycles. The molecule has 9 nitrogen and oxygen atoms in total. The van der Waals surface area contributed by atoms with Gasteiger partial charge in [-0.15, -0.1) is 0 Å². The van der Waals surface area contributed by atoms with Gasteiger partial charge in [-0.25, -0.2) is 4.98 Å². The molecule has 0 saturated carbocycles. The summed E-state index contributed by atoms with van der Waals surface area (Å²) in [5.41, 5.74) is 7.05. The third kappa shape index (κ3) is 4.01. The van der Waals surface area contributed by atoms with Crippen molar-refractivity contribution in [2.75, 3.05) is 14.2 Å². The zero-order valence-electron chi connectivity index (χ0n) is 16.7. The molecule has 0 aliphatic rings. The lowest BCUT2D eigenvalue weighted by molar-refractivity contribution is 0.0842. The lowest BCUT2D eigenvalue weighted by atomic mass is 10.0. The second-order valence-corrected chi connectivity index (χ2v) is 6.43. The third-order valence-electron chi connectivity index (χ3n) is 4.60. The normalized spacial score (nSPS) is 10.5. The first-order valence-electron chi connectivity index (χ1n) is 9.24. The molecule has 0 aliphatic heterocycles. The van der Waals surface area contributed by atoms with Crippen molar-refractivity contribution >= 4 is 22.7 Å². The first-order chi connectivity index (χ1) is 15.1. The van der Waals surface area contributed by atoms with Crippen LogP contribution in [-0.2, 0) is 0 Å². The largest absolute Gasteiger partial charge is 0.493 e. The zero-order chi connectivity index (χ0) is 21.8. The molecule has 0 fully saturated rings. The van der Waals surface area contributed by atoms with Crippen molar-refractivity contribution in [3.63, 3.8) is 0 Å². The van der Waals surface area contributed by atoms with Crippen molar-refractivity contribution in [3.8, 4) is 22.8 Å². The van der Waals surface area contributed by atoms with Crippen molar-refractivity contribution < 1.29 is 23.6 Å². The average molecular weight is 418 g/mol. The highest BCUT2D eigenvalue weighted by Crippen LogP contribution is 2.33. The van der Waals surface area contributed by atoms with Crippen molar-refractivity contribution in [1.29, 1.82) is 0 Å². The van der Waals surface area contributed by atoms with Crippen LogP contribution in [0.3, 0.4) is 0 Å². The summed E-state index contributed by atoms with van der Waals surface area (Å²) in [6.07, 6.45) is 1.27. The summed E-state index contributed by atoms with van der Waals surface area (Å²) in [5.74, 6) is 0.0270. The lowest BCUT2D eigenvalue weighted by Crippen LogP contribution is -2.41. The summed E-state index contributed by atoms with van der Waals surface area (Å²) in [7, 11) is 3.10. The van der Waals surface area contributed by atoms with E-state index in [0.29, 0.717) is 33.7 Å². The molecule has 0 radical (unpaired) electrons. The van der Waals surface area contributed by atoms with E-state index in [1.54, 1.807) is 38.5 Å². The van der Waals surface area contributed by atoms with Crippen LogP contribution in [0.25, 0.3) is 22.2 Å². The molecule has 2 aromatic carbocycles. The summed E-state index contributed by atoms with van der Waals surface area (Å²) in [4.78, 5) is 29.6. The Kier molecular flexibility index (Phi) is 5.48. The molecule has 0 bridgehead atoms. The molecule has 156 valence electrons. The van der Waals surface area contributed by atoms with Crippen LogP contribution in [0.4, 0.5) is 0 Å². The van der Waals surface area contributed by atoms with Crippen molar-refractivity contribution in [3.05, 3.63) is 72.1 Å². The smallest absolute Gasteiger partial charge is 0.291 e. The van der Waals surface area contributed by atoms with E-state index in [1.807, 2.05) is 24.3 Å². The predicted octanol–water partition coefficient (Wildman–Crippen LogP) is 2.98. The number of carbonyl (C=O) groups is 2. The number of aromatic nitrogens is 2. The van der Waals surface area contributed by atoms with Crippen LogP contribution in [-0.4, -0.2) is 36.2 Å². The Labute approximate surface area is 176 Å². The SMILES string of the molecule is COc1ccc(-c2cc(C(=O)NNC(=O)c3ccon3)c3ccccc3n2)cc1OC. The predicted molar refractivity (Wildman–Crippen MR) is 112 cm³/mol. The van der Waals surface area contributed by atoms with Crippen molar-refractivity contribution in [1.82, 2.24) is 21.0 Å². The van der Waals surface area contributed by atoms with Gasteiger partial charge >= 0.3 is 0 Å². The molecule has 4 aromatic rings. The molecular weight excluding hydrogens is 400 g/mol. The summed E-state index contributed by atoms with van der Waals surface area (Å²) < 4.78 is 15.3. The van der Waals surface area contributed by atoms with Crippen molar-refractivity contribution in [2.24, 2.45) is 0 Å². The highest BCUT2D eigenvalue weighted by atomic mass is 16.5. The fourth-order valence-corrected chi connectivity index (χ4v) is 3.08. The van der Waals surface area contributed by atoms with E-state index in [-0.39, 0.29) is 5.69 Å². The molecular formula is C22H18N4O5. The van der Waals surface area contributed by atoms with Gasteiger partial charge in [0.25, 0.3) is 11.8 Å². The van der Waals surface area contributed by atoms with Gasteiger partial charge in [-0.3, -0.25) is 20.4 Å². The summed E-state index contributed by atoms with van der Waals surface area (Å²) in [6, 6.07) is 15.7. The standard InChI is InChI=1S/C22H18N4O5/c1-29-19-8-7-13(11-20(19)30-2)18-12-15(14-5-3-4-6-16(14)23-18)21(27)24-25-22(28)17-9-10-31-26-17/h3-12H,1-2H3,(H,24,27)(H,25,28). The molecule has 2 amide bonds. The Morgan fingerprint density at radius 1 is 0.903 bits per heavy atom. The van der Waals surface area contributed by atoms with Gasteiger partial charge in [0.05, 0.1) is 31.0 Å². The van der Waals surface area contributed by atoms with Crippen LogP contribution in [0, 0.1) is 0 Å².